The van der Waals surface area contributed by atoms with Crippen molar-refractivity contribution in [1.82, 2.24) is 9.88 Å². The summed E-state index contributed by atoms with van der Waals surface area (Å²) in [5.74, 6) is 0.167. The van der Waals surface area contributed by atoms with Crippen LogP contribution in [-0.4, -0.2) is 28.4 Å². The predicted octanol–water partition coefficient (Wildman–Crippen LogP) is 3.20. The standard InChI is InChI=1S/C19H20N2O/c1-19-9-11-21(18(22)14-6-3-2-4-7-14)16(13-19)12-15-8-5-10-20-17(15)19/h2-8,10,16H,9,11-13H2,1H3. The molecule has 2 bridgehead atoms. The lowest BCUT2D eigenvalue weighted by atomic mass is 9.67. The number of rotatable bonds is 1. The van der Waals surface area contributed by atoms with Crippen LogP contribution < -0.4 is 0 Å². The quantitative estimate of drug-likeness (QED) is 0.808. The van der Waals surface area contributed by atoms with E-state index in [1.54, 1.807) is 0 Å². The van der Waals surface area contributed by atoms with E-state index in [1.807, 2.05) is 42.6 Å². The van der Waals surface area contributed by atoms with Crippen LogP contribution >= 0.6 is 0 Å². The van der Waals surface area contributed by atoms with Crippen LogP contribution in [0.3, 0.4) is 0 Å². The Bertz CT molecular complexity index is 712. The third-order valence-corrected chi connectivity index (χ3v) is 5.23. The van der Waals surface area contributed by atoms with E-state index in [2.05, 4.69) is 22.9 Å². The molecule has 2 atom stereocenters. The van der Waals surface area contributed by atoms with E-state index in [0.717, 1.165) is 31.4 Å². The Balaban J connectivity index is 1.67. The van der Waals surface area contributed by atoms with Gasteiger partial charge in [-0.05, 0) is 43.0 Å². The molecule has 1 aliphatic carbocycles. The van der Waals surface area contributed by atoms with Crippen molar-refractivity contribution < 1.29 is 4.79 Å². The summed E-state index contributed by atoms with van der Waals surface area (Å²) >= 11 is 0. The number of pyridine rings is 1. The number of amides is 1. The van der Waals surface area contributed by atoms with Crippen molar-refractivity contribution >= 4 is 5.91 Å². The molecule has 4 rings (SSSR count). The van der Waals surface area contributed by atoms with Gasteiger partial charge in [0.25, 0.3) is 5.91 Å². The van der Waals surface area contributed by atoms with Crippen LogP contribution in [0, 0.1) is 0 Å². The van der Waals surface area contributed by atoms with Gasteiger partial charge in [-0.25, -0.2) is 0 Å². The molecule has 0 saturated carbocycles. The van der Waals surface area contributed by atoms with E-state index < -0.39 is 0 Å². The fraction of sp³-hybridized carbons (Fsp3) is 0.368. The molecule has 1 aromatic heterocycles. The van der Waals surface area contributed by atoms with Gasteiger partial charge in [-0.3, -0.25) is 9.78 Å². The van der Waals surface area contributed by atoms with Crippen molar-refractivity contribution in [2.75, 3.05) is 6.54 Å². The summed E-state index contributed by atoms with van der Waals surface area (Å²) < 4.78 is 0. The molecule has 3 heteroatoms. The topological polar surface area (TPSA) is 33.2 Å². The third-order valence-electron chi connectivity index (χ3n) is 5.23. The predicted molar refractivity (Wildman–Crippen MR) is 85.8 cm³/mol. The van der Waals surface area contributed by atoms with Gasteiger partial charge in [-0.1, -0.05) is 31.2 Å². The molecule has 1 saturated heterocycles. The first-order valence-electron chi connectivity index (χ1n) is 7.98. The number of aromatic nitrogens is 1. The number of likely N-dealkylation sites (tertiary alicyclic amines) is 1. The van der Waals surface area contributed by atoms with Crippen LogP contribution in [0.25, 0.3) is 0 Å². The highest BCUT2D eigenvalue weighted by Gasteiger charge is 2.45. The zero-order chi connectivity index (χ0) is 15.2. The molecule has 0 radical (unpaired) electrons. The van der Waals surface area contributed by atoms with E-state index in [1.165, 1.54) is 11.3 Å². The minimum absolute atomic E-state index is 0.118. The highest BCUT2D eigenvalue weighted by atomic mass is 16.2. The highest BCUT2D eigenvalue weighted by molar-refractivity contribution is 5.94. The maximum atomic E-state index is 12.8. The van der Waals surface area contributed by atoms with Crippen molar-refractivity contribution in [3.05, 3.63) is 65.5 Å². The van der Waals surface area contributed by atoms with Gasteiger partial charge in [0.2, 0.25) is 0 Å². The zero-order valence-corrected chi connectivity index (χ0v) is 12.8. The Labute approximate surface area is 131 Å². The number of carbonyl (C=O) groups excluding carboxylic acids is 1. The maximum Gasteiger partial charge on any atom is 0.254 e. The smallest absolute Gasteiger partial charge is 0.254 e. The van der Waals surface area contributed by atoms with Gasteiger partial charge in [0.05, 0.1) is 0 Å². The van der Waals surface area contributed by atoms with Gasteiger partial charge < -0.3 is 4.90 Å². The number of nitrogens with zero attached hydrogens (tertiary/aromatic N) is 2. The molecule has 0 N–H and O–H groups in total. The first-order chi connectivity index (χ1) is 10.7. The summed E-state index contributed by atoms with van der Waals surface area (Å²) in [6.07, 6.45) is 4.84. The van der Waals surface area contributed by atoms with Gasteiger partial charge in [0.15, 0.2) is 0 Å². The molecule has 0 spiro atoms. The van der Waals surface area contributed by atoms with E-state index in [9.17, 15) is 4.79 Å². The van der Waals surface area contributed by atoms with Gasteiger partial charge >= 0.3 is 0 Å². The molecule has 2 aromatic rings. The lowest BCUT2D eigenvalue weighted by Gasteiger charge is -2.49. The molecule has 1 aromatic carbocycles. The summed E-state index contributed by atoms with van der Waals surface area (Å²) in [6.45, 7) is 3.13. The van der Waals surface area contributed by atoms with Crippen molar-refractivity contribution in [2.24, 2.45) is 0 Å². The second kappa shape index (κ2) is 4.94. The molecule has 112 valence electrons. The third kappa shape index (κ3) is 2.04. The largest absolute Gasteiger partial charge is 0.335 e. The van der Waals surface area contributed by atoms with E-state index in [-0.39, 0.29) is 11.3 Å². The lowest BCUT2D eigenvalue weighted by molar-refractivity contribution is 0.0482. The van der Waals surface area contributed by atoms with Gasteiger partial charge in [-0.2, -0.15) is 0 Å². The van der Waals surface area contributed by atoms with Gasteiger partial charge in [0, 0.05) is 35.5 Å². The molecular formula is C19H20N2O. The molecule has 3 nitrogen and oxygen atoms in total. The molecule has 1 amide bonds. The number of fused-ring (bicyclic) bond motifs is 4. The number of hydrogen-bond acceptors (Lipinski definition) is 2. The van der Waals surface area contributed by atoms with E-state index >= 15 is 0 Å². The van der Waals surface area contributed by atoms with Gasteiger partial charge in [-0.15, -0.1) is 0 Å². The SMILES string of the molecule is CC12CCN(C(=O)c3ccccc3)C(Cc3cccnc31)C2. The number of carbonyl (C=O) groups is 1. The van der Waals surface area contributed by atoms with Crippen LogP contribution in [0.1, 0.15) is 41.4 Å². The summed E-state index contributed by atoms with van der Waals surface area (Å²) in [6, 6.07) is 14.1. The Morgan fingerprint density at radius 1 is 1.23 bits per heavy atom. The van der Waals surface area contributed by atoms with Crippen molar-refractivity contribution in [1.29, 1.82) is 0 Å². The van der Waals surface area contributed by atoms with Crippen LogP contribution in [0.2, 0.25) is 0 Å². The average Bonchev–Trinajstić information content (AvgIpc) is 2.55. The lowest BCUT2D eigenvalue weighted by Crippen LogP contribution is -2.54. The summed E-state index contributed by atoms with van der Waals surface area (Å²) in [7, 11) is 0. The summed E-state index contributed by atoms with van der Waals surface area (Å²) in [5.41, 5.74) is 3.47. The number of piperidine rings is 1. The van der Waals surface area contributed by atoms with E-state index in [4.69, 9.17) is 0 Å². The maximum absolute atomic E-state index is 12.8. The molecular weight excluding hydrogens is 272 g/mol. The summed E-state index contributed by atoms with van der Waals surface area (Å²) in [4.78, 5) is 19.5. The first-order valence-corrected chi connectivity index (χ1v) is 7.98. The molecule has 1 aliphatic heterocycles. The van der Waals surface area contributed by atoms with Crippen LogP contribution in [0.15, 0.2) is 48.7 Å². The van der Waals surface area contributed by atoms with E-state index in [0.29, 0.717) is 6.04 Å². The van der Waals surface area contributed by atoms with Crippen LogP contribution in [-0.2, 0) is 11.8 Å². The molecule has 2 heterocycles. The Morgan fingerprint density at radius 3 is 2.86 bits per heavy atom. The first kappa shape index (κ1) is 13.5. The molecule has 1 fully saturated rings. The normalized spacial score (nSPS) is 26.4. The second-order valence-corrected chi connectivity index (χ2v) is 6.75. The van der Waals surface area contributed by atoms with Crippen molar-refractivity contribution in [3.63, 3.8) is 0 Å². The number of hydrogen-bond donors (Lipinski definition) is 0. The molecule has 2 aliphatic rings. The monoisotopic (exact) mass is 292 g/mol. The zero-order valence-electron chi connectivity index (χ0n) is 12.8. The fourth-order valence-corrected chi connectivity index (χ4v) is 4.09. The Morgan fingerprint density at radius 2 is 2.05 bits per heavy atom. The molecule has 2 unspecified atom stereocenters. The minimum atomic E-state index is 0.118. The van der Waals surface area contributed by atoms with Crippen LogP contribution in [0.4, 0.5) is 0 Å². The van der Waals surface area contributed by atoms with Gasteiger partial charge in [0.1, 0.15) is 0 Å². The summed E-state index contributed by atoms with van der Waals surface area (Å²) in [5, 5.41) is 0. The minimum Gasteiger partial charge on any atom is -0.335 e. The van der Waals surface area contributed by atoms with Crippen molar-refractivity contribution in [2.45, 2.75) is 37.6 Å². The van der Waals surface area contributed by atoms with Crippen molar-refractivity contribution in [3.8, 4) is 0 Å². The Hall–Kier alpha value is -2.16. The second-order valence-electron chi connectivity index (χ2n) is 6.75. The highest BCUT2D eigenvalue weighted by Crippen LogP contribution is 2.43. The fourth-order valence-electron chi connectivity index (χ4n) is 4.09. The number of benzene rings is 1. The average molecular weight is 292 g/mol. The van der Waals surface area contributed by atoms with Crippen LogP contribution in [0.5, 0.6) is 0 Å². The Kier molecular flexibility index (Phi) is 3.03. The molecule has 22 heavy (non-hydrogen) atoms.